The lowest BCUT2D eigenvalue weighted by Crippen LogP contribution is -2.67. The molecule has 7 rings (SSSR count). The van der Waals surface area contributed by atoms with E-state index in [1.54, 1.807) is 36.8 Å². The van der Waals surface area contributed by atoms with Crippen molar-refractivity contribution in [2.45, 2.75) is 110 Å². The van der Waals surface area contributed by atoms with Gasteiger partial charge < -0.3 is 24.2 Å². The lowest BCUT2D eigenvalue weighted by Gasteiger charge is -2.55. The molecule has 1 aromatic heterocycles. The van der Waals surface area contributed by atoms with Crippen LogP contribution < -0.4 is 9.64 Å². The normalized spacial score (nSPS) is 23.0. The van der Waals surface area contributed by atoms with Crippen LogP contribution in [0.15, 0.2) is 30.7 Å². The van der Waals surface area contributed by atoms with Gasteiger partial charge in [0.1, 0.15) is 35.3 Å². The number of Topliss-reactive ketones (excluding diaryl/α,β-unsaturated/α-hetero) is 1. The van der Waals surface area contributed by atoms with E-state index in [0.717, 1.165) is 12.8 Å². The molecule has 1 saturated carbocycles. The second-order valence-electron chi connectivity index (χ2n) is 15.9. The van der Waals surface area contributed by atoms with E-state index >= 15 is 0 Å². The number of anilines is 1. The number of hydrogen-bond donors (Lipinski definition) is 0. The number of likely N-dealkylation sites (tertiary alicyclic amines) is 1. The summed E-state index contributed by atoms with van der Waals surface area (Å²) in [5.74, 6) is -0.331. The van der Waals surface area contributed by atoms with Gasteiger partial charge in [-0.3, -0.25) is 19.3 Å². The molecular formula is C37H49FN6O6. The van der Waals surface area contributed by atoms with Crippen LogP contribution in [-0.2, 0) is 14.3 Å². The molecule has 13 heteroatoms. The molecule has 3 atom stereocenters. The Hall–Kier alpha value is -4.29. The maximum absolute atomic E-state index is 14.4. The van der Waals surface area contributed by atoms with Gasteiger partial charge in [-0.05, 0) is 92.3 Å². The zero-order valence-corrected chi connectivity index (χ0v) is 30.1. The van der Waals surface area contributed by atoms with Crippen LogP contribution >= 0.6 is 0 Å². The first-order valence-corrected chi connectivity index (χ1v) is 17.8. The fourth-order valence-corrected chi connectivity index (χ4v) is 8.20. The summed E-state index contributed by atoms with van der Waals surface area (Å²) in [5.41, 5.74) is -0.635. The largest absolute Gasteiger partial charge is 0.451 e. The number of aromatic nitrogens is 2. The second-order valence-corrected chi connectivity index (χ2v) is 15.9. The highest BCUT2D eigenvalue weighted by Crippen LogP contribution is 2.46. The first-order chi connectivity index (χ1) is 23.6. The molecule has 12 nitrogen and oxygen atoms in total. The van der Waals surface area contributed by atoms with Gasteiger partial charge in [0.25, 0.3) is 5.91 Å². The van der Waals surface area contributed by atoms with Crippen molar-refractivity contribution in [1.29, 1.82) is 0 Å². The van der Waals surface area contributed by atoms with Crippen LogP contribution in [0.25, 0.3) is 0 Å². The Bertz CT molecular complexity index is 1630. The maximum atomic E-state index is 14.4. The number of carbonyl (C=O) groups is 4. The van der Waals surface area contributed by atoms with Gasteiger partial charge in [0.15, 0.2) is 11.6 Å². The van der Waals surface area contributed by atoms with Gasteiger partial charge in [-0.15, -0.1) is 0 Å². The topological polar surface area (TPSA) is 125 Å². The number of hydrogen-bond acceptors (Lipinski definition) is 9. The number of ketones is 1. The Balaban J connectivity index is 1.13. The molecule has 5 fully saturated rings. The van der Waals surface area contributed by atoms with Gasteiger partial charge >= 0.3 is 6.09 Å². The fourth-order valence-electron chi connectivity index (χ4n) is 8.20. The van der Waals surface area contributed by atoms with Crippen LogP contribution in [0.2, 0.25) is 0 Å². The summed E-state index contributed by atoms with van der Waals surface area (Å²) in [4.78, 5) is 69.7. The van der Waals surface area contributed by atoms with Crippen molar-refractivity contribution in [1.82, 2.24) is 24.7 Å². The number of halogens is 1. The summed E-state index contributed by atoms with van der Waals surface area (Å²) in [6.07, 6.45) is 5.55. The predicted molar refractivity (Wildman–Crippen MR) is 183 cm³/mol. The van der Waals surface area contributed by atoms with Crippen molar-refractivity contribution in [2.24, 2.45) is 11.3 Å². The molecule has 1 aromatic carbocycles. The molecule has 2 aromatic rings. The van der Waals surface area contributed by atoms with E-state index in [1.807, 2.05) is 32.6 Å². The minimum atomic E-state index is -0.825. The number of carbonyl (C=O) groups excluding carboxylic acids is 4. The van der Waals surface area contributed by atoms with Crippen LogP contribution in [0, 0.1) is 17.2 Å². The zero-order valence-electron chi connectivity index (χ0n) is 30.1. The van der Waals surface area contributed by atoms with Crippen molar-refractivity contribution in [2.75, 3.05) is 31.1 Å². The Kier molecular flexibility index (Phi) is 9.55. The molecule has 5 aliphatic rings. The molecule has 270 valence electrons. The van der Waals surface area contributed by atoms with Gasteiger partial charge in [-0.2, -0.15) is 0 Å². The van der Waals surface area contributed by atoms with Crippen LogP contribution in [0.3, 0.4) is 0 Å². The summed E-state index contributed by atoms with van der Waals surface area (Å²) >= 11 is 0. The minimum absolute atomic E-state index is 0.0444. The lowest BCUT2D eigenvalue weighted by atomic mass is 9.71. The van der Waals surface area contributed by atoms with Gasteiger partial charge in [0.05, 0.1) is 11.8 Å². The van der Waals surface area contributed by atoms with Crippen molar-refractivity contribution in [3.05, 3.63) is 42.1 Å². The third-order valence-corrected chi connectivity index (χ3v) is 10.5. The van der Waals surface area contributed by atoms with E-state index in [4.69, 9.17) is 9.47 Å². The standard InChI is InChI=1S/C37H49FN6O6/c1-22(2)43(23(3)4)33(46)27-16-24(38)8-11-29(27)49-30-18-39-21-40-32(30)42-19-37(20-42)12-14-41(15-13-37)34(47)31-26-10-9-25(17-28(26)45)44(31)35(48)50-36(5,6)7/h8,11,16,18,21-23,25-26,31H,9-10,12-15,17,19-20H2,1-7H3/t25?,26-,31+/m1/s1. The number of fused-ring (bicyclic) bond motifs is 3. The van der Waals surface area contributed by atoms with E-state index in [9.17, 15) is 23.6 Å². The lowest BCUT2D eigenvalue weighted by molar-refractivity contribution is -0.155. The summed E-state index contributed by atoms with van der Waals surface area (Å²) in [6.45, 7) is 15.5. The highest BCUT2D eigenvalue weighted by molar-refractivity contribution is 5.98. The van der Waals surface area contributed by atoms with Crippen LogP contribution in [0.5, 0.6) is 11.5 Å². The predicted octanol–water partition coefficient (Wildman–Crippen LogP) is 5.45. The second kappa shape index (κ2) is 13.4. The minimum Gasteiger partial charge on any atom is -0.451 e. The van der Waals surface area contributed by atoms with E-state index < -0.39 is 29.5 Å². The van der Waals surface area contributed by atoms with E-state index in [1.165, 1.54) is 24.5 Å². The number of nitrogens with zero attached hydrogens (tertiary/aromatic N) is 6. The molecule has 4 saturated heterocycles. The van der Waals surface area contributed by atoms with Gasteiger partial charge in [0, 0.05) is 62.1 Å². The molecule has 3 amide bonds. The average molecular weight is 693 g/mol. The van der Waals surface area contributed by atoms with Crippen molar-refractivity contribution >= 4 is 29.5 Å². The third kappa shape index (κ3) is 6.87. The molecule has 2 bridgehead atoms. The average Bonchev–Trinajstić information content (AvgIpc) is 3.03. The monoisotopic (exact) mass is 692 g/mol. The number of rotatable bonds is 7. The Morgan fingerprint density at radius 1 is 1.02 bits per heavy atom. The Morgan fingerprint density at radius 3 is 2.32 bits per heavy atom. The third-order valence-electron chi connectivity index (χ3n) is 10.5. The van der Waals surface area contributed by atoms with Gasteiger partial charge in [-0.25, -0.2) is 19.2 Å². The van der Waals surface area contributed by atoms with Gasteiger partial charge in [-0.1, -0.05) is 0 Å². The highest BCUT2D eigenvalue weighted by atomic mass is 19.1. The van der Waals surface area contributed by atoms with Crippen LogP contribution in [0.1, 0.15) is 90.9 Å². The van der Waals surface area contributed by atoms with Gasteiger partial charge in [0.2, 0.25) is 5.91 Å². The molecular weight excluding hydrogens is 643 g/mol. The van der Waals surface area contributed by atoms with E-state index in [0.29, 0.717) is 50.6 Å². The van der Waals surface area contributed by atoms with Crippen LogP contribution in [-0.4, -0.2) is 104 Å². The van der Waals surface area contributed by atoms with Crippen molar-refractivity contribution in [3.63, 3.8) is 0 Å². The fraction of sp³-hybridized carbons (Fsp3) is 0.622. The Labute approximate surface area is 293 Å². The first-order valence-electron chi connectivity index (χ1n) is 17.8. The van der Waals surface area contributed by atoms with E-state index in [2.05, 4.69) is 14.9 Å². The SMILES string of the molecule is CC(C)N(C(=O)c1cc(F)ccc1Oc1cncnc1N1CC2(CCN(C(=O)[C@@H]3[C@@H]4CCC(CC4=O)N3C(=O)OC(C)(C)C)CC2)C1)C(C)C. The smallest absolute Gasteiger partial charge is 0.411 e. The number of piperidine rings is 3. The number of amides is 3. The molecule has 1 spiro atoms. The summed E-state index contributed by atoms with van der Waals surface area (Å²) in [7, 11) is 0. The first kappa shape index (κ1) is 35.5. The summed E-state index contributed by atoms with van der Waals surface area (Å²) in [6, 6.07) is 2.58. The molecule has 1 aliphatic carbocycles. The molecule has 0 N–H and O–H groups in total. The van der Waals surface area contributed by atoms with Crippen molar-refractivity contribution < 1.29 is 33.0 Å². The molecule has 5 heterocycles. The number of ether oxygens (including phenoxy) is 2. The summed E-state index contributed by atoms with van der Waals surface area (Å²) < 4.78 is 26.4. The molecule has 50 heavy (non-hydrogen) atoms. The van der Waals surface area contributed by atoms with Crippen LogP contribution in [0.4, 0.5) is 15.0 Å². The zero-order chi connectivity index (χ0) is 36.1. The number of benzene rings is 1. The maximum Gasteiger partial charge on any atom is 0.411 e. The van der Waals surface area contributed by atoms with E-state index in [-0.39, 0.29) is 58.9 Å². The highest BCUT2D eigenvalue weighted by Gasteiger charge is 2.55. The Morgan fingerprint density at radius 2 is 1.70 bits per heavy atom. The molecule has 0 radical (unpaired) electrons. The molecule has 4 aliphatic heterocycles. The van der Waals surface area contributed by atoms with Crippen molar-refractivity contribution in [3.8, 4) is 11.5 Å². The molecule has 1 unspecified atom stereocenters. The summed E-state index contributed by atoms with van der Waals surface area (Å²) in [5, 5.41) is 0. The quantitative estimate of drug-likeness (QED) is 0.372.